The molecule has 0 atom stereocenters. The van der Waals surface area contributed by atoms with Crippen LogP contribution in [0.15, 0.2) is 53.4 Å². The standard InChI is InChI=1S/C15H12F3NO2S/c1-10-5-7-13(8-6-10)22-19-14(20)21-12-4-2-3-11(9-12)15(16,17)18/h2-9H,1H3,(H,19,20). The molecule has 7 heteroatoms. The molecule has 1 N–H and O–H groups in total. The van der Waals surface area contributed by atoms with E-state index in [-0.39, 0.29) is 5.75 Å². The van der Waals surface area contributed by atoms with Crippen LogP contribution in [-0.2, 0) is 6.18 Å². The molecule has 22 heavy (non-hydrogen) atoms. The number of carbonyl (C=O) groups excluding carboxylic acids is 1. The molecule has 0 spiro atoms. The van der Waals surface area contributed by atoms with Crippen molar-refractivity contribution in [3.05, 3.63) is 59.7 Å². The van der Waals surface area contributed by atoms with Gasteiger partial charge in [-0.05, 0) is 49.2 Å². The fourth-order valence-corrected chi connectivity index (χ4v) is 2.09. The molecule has 0 aromatic heterocycles. The maximum Gasteiger partial charge on any atom is 0.422 e. The zero-order valence-corrected chi connectivity index (χ0v) is 12.3. The van der Waals surface area contributed by atoms with Gasteiger partial charge in [0.25, 0.3) is 0 Å². The smallest absolute Gasteiger partial charge is 0.410 e. The summed E-state index contributed by atoms with van der Waals surface area (Å²) in [5, 5.41) is 0. The number of carbonyl (C=O) groups is 1. The Morgan fingerprint density at radius 2 is 1.82 bits per heavy atom. The summed E-state index contributed by atoms with van der Waals surface area (Å²) >= 11 is 1.02. The highest BCUT2D eigenvalue weighted by molar-refractivity contribution is 7.98. The summed E-state index contributed by atoms with van der Waals surface area (Å²) in [7, 11) is 0. The average molecular weight is 327 g/mol. The third-order valence-corrected chi connectivity index (χ3v) is 3.42. The molecule has 0 aliphatic rings. The van der Waals surface area contributed by atoms with Crippen LogP contribution < -0.4 is 9.46 Å². The monoisotopic (exact) mass is 327 g/mol. The van der Waals surface area contributed by atoms with E-state index in [9.17, 15) is 18.0 Å². The minimum absolute atomic E-state index is 0.170. The lowest BCUT2D eigenvalue weighted by Crippen LogP contribution is -2.20. The second kappa shape index (κ2) is 6.74. The van der Waals surface area contributed by atoms with E-state index in [1.165, 1.54) is 12.1 Å². The minimum Gasteiger partial charge on any atom is -0.410 e. The summed E-state index contributed by atoms with van der Waals surface area (Å²) in [6.45, 7) is 1.93. The van der Waals surface area contributed by atoms with Gasteiger partial charge in [-0.15, -0.1) is 0 Å². The zero-order valence-electron chi connectivity index (χ0n) is 11.5. The number of ether oxygens (including phenoxy) is 1. The SMILES string of the molecule is Cc1ccc(SNC(=O)Oc2cccc(C(F)(F)F)c2)cc1. The Morgan fingerprint density at radius 1 is 1.14 bits per heavy atom. The molecular formula is C15H12F3NO2S. The second-order valence-corrected chi connectivity index (χ2v) is 5.31. The molecule has 2 aromatic carbocycles. The lowest BCUT2D eigenvalue weighted by molar-refractivity contribution is -0.137. The maximum absolute atomic E-state index is 12.5. The van der Waals surface area contributed by atoms with Crippen LogP contribution in [0.25, 0.3) is 0 Å². The first-order valence-electron chi connectivity index (χ1n) is 6.23. The summed E-state index contributed by atoms with van der Waals surface area (Å²) in [4.78, 5) is 12.4. The van der Waals surface area contributed by atoms with Crippen LogP contribution >= 0.6 is 11.9 Å². The van der Waals surface area contributed by atoms with Crippen LogP contribution in [0, 0.1) is 6.92 Å². The maximum atomic E-state index is 12.5. The van der Waals surface area contributed by atoms with Gasteiger partial charge in [0.2, 0.25) is 0 Å². The van der Waals surface area contributed by atoms with E-state index in [0.29, 0.717) is 0 Å². The zero-order chi connectivity index (χ0) is 16.2. The van der Waals surface area contributed by atoms with Crippen molar-refractivity contribution < 1.29 is 22.7 Å². The van der Waals surface area contributed by atoms with Crippen molar-refractivity contribution in [2.24, 2.45) is 0 Å². The molecule has 0 aliphatic carbocycles. The van der Waals surface area contributed by atoms with Gasteiger partial charge in [0, 0.05) is 4.90 Å². The average Bonchev–Trinajstić information content (AvgIpc) is 2.46. The molecule has 116 valence electrons. The lowest BCUT2D eigenvalue weighted by Gasteiger charge is -2.09. The van der Waals surface area contributed by atoms with Crippen LogP contribution in [0.2, 0.25) is 0 Å². The number of nitrogens with one attached hydrogen (secondary N) is 1. The normalized spacial score (nSPS) is 11.1. The Kier molecular flexibility index (Phi) is 4.97. The number of alkyl halides is 3. The first kappa shape index (κ1) is 16.2. The fraction of sp³-hybridized carbons (Fsp3) is 0.133. The molecule has 0 saturated heterocycles. The van der Waals surface area contributed by atoms with Gasteiger partial charge < -0.3 is 4.74 Å². The number of amides is 1. The summed E-state index contributed by atoms with van der Waals surface area (Å²) in [5.74, 6) is -0.170. The van der Waals surface area contributed by atoms with Gasteiger partial charge in [-0.1, -0.05) is 23.8 Å². The van der Waals surface area contributed by atoms with Crippen LogP contribution in [0.4, 0.5) is 18.0 Å². The third kappa shape index (κ3) is 4.70. The summed E-state index contributed by atoms with van der Waals surface area (Å²) in [5.41, 5.74) is 0.208. The highest BCUT2D eigenvalue weighted by atomic mass is 32.2. The molecule has 0 fully saturated rings. The van der Waals surface area contributed by atoms with Gasteiger partial charge in [-0.2, -0.15) is 13.2 Å². The van der Waals surface area contributed by atoms with Crippen LogP contribution in [0.5, 0.6) is 5.75 Å². The van der Waals surface area contributed by atoms with Gasteiger partial charge >= 0.3 is 12.3 Å². The number of hydrogen-bond donors (Lipinski definition) is 1. The van der Waals surface area contributed by atoms with Crippen molar-refractivity contribution in [1.29, 1.82) is 0 Å². The summed E-state index contributed by atoms with van der Waals surface area (Å²) < 4.78 is 44.9. The Labute approximate surface area is 129 Å². The molecule has 1 amide bonds. The van der Waals surface area contributed by atoms with Gasteiger partial charge in [-0.3, -0.25) is 4.72 Å². The van der Waals surface area contributed by atoms with Crippen molar-refractivity contribution in [2.45, 2.75) is 18.0 Å². The van der Waals surface area contributed by atoms with E-state index in [1.807, 2.05) is 31.2 Å². The lowest BCUT2D eigenvalue weighted by atomic mass is 10.2. The second-order valence-electron chi connectivity index (χ2n) is 4.43. The first-order valence-corrected chi connectivity index (χ1v) is 7.05. The van der Waals surface area contributed by atoms with Crippen molar-refractivity contribution in [1.82, 2.24) is 4.72 Å². The van der Waals surface area contributed by atoms with E-state index in [4.69, 9.17) is 4.74 Å². The van der Waals surface area contributed by atoms with Crippen molar-refractivity contribution in [3.8, 4) is 5.75 Å². The largest absolute Gasteiger partial charge is 0.422 e. The number of rotatable bonds is 3. The number of hydrogen-bond acceptors (Lipinski definition) is 3. The minimum atomic E-state index is -4.48. The predicted molar refractivity (Wildman–Crippen MR) is 77.6 cm³/mol. The van der Waals surface area contributed by atoms with E-state index in [2.05, 4.69) is 4.72 Å². The Bertz CT molecular complexity index is 657. The Morgan fingerprint density at radius 3 is 2.45 bits per heavy atom. The van der Waals surface area contributed by atoms with Crippen molar-refractivity contribution in [3.63, 3.8) is 0 Å². The predicted octanol–water partition coefficient (Wildman–Crippen LogP) is 4.81. The highest BCUT2D eigenvalue weighted by Gasteiger charge is 2.30. The number of benzene rings is 2. The molecule has 0 heterocycles. The van der Waals surface area contributed by atoms with Crippen molar-refractivity contribution in [2.75, 3.05) is 0 Å². The molecule has 3 nitrogen and oxygen atoms in total. The van der Waals surface area contributed by atoms with Crippen LogP contribution in [-0.4, -0.2) is 6.09 Å². The molecule has 0 unspecified atom stereocenters. The highest BCUT2D eigenvalue weighted by Crippen LogP contribution is 2.31. The summed E-state index contributed by atoms with van der Waals surface area (Å²) in [6, 6.07) is 11.5. The van der Waals surface area contributed by atoms with Crippen molar-refractivity contribution >= 4 is 18.0 Å². The molecule has 2 aromatic rings. The third-order valence-electron chi connectivity index (χ3n) is 2.65. The first-order chi connectivity index (χ1) is 10.3. The quantitative estimate of drug-likeness (QED) is 0.822. The molecule has 0 bridgehead atoms. The molecule has 2 rings (SSSR count). The molecular weight excluding hydrogens is 315 g/mol. The Hall–Kier alpha value is -2.15. The molecule has 0 saturated carbocycles. The van der Waals surface area contributed by atoms with Gasteiger partial charge in [0.05, 0.1) is 5.56 Å². The van der Waals surface area contributed by atoms with Gasteiger partial charge in [0.15, 0.2) is 0 Å². The number of halogens is 3. The fourth-order valence-electron chi connectivity index (χ4n) is 1.57. The molecule has 0 radical (unpaired) electrons. The number of aryl methyl sites for hydroxylation is 1. The van der Waals surface area contributed by atoms with E-state index >= 15 is 0 Å². The van der Waals surface area contributed by atoms with Gasteiger partial charge in [0.1, 0.15) is 5.75 Å². The van der Waals surface area contributed by atoms with E-state index < -0.39 is 17.8 Å². The topological polar surface area (TPSA) is 38.3 Å². The summed E-state index contributed by atoms with van der Waals surface area (Å²) in [6.07, 6.45) is -5.32. The molecule has 0 aliphatic heterocycles. The van der Waals surface area contributed by atoms with Gasteiger partial charge in [-0.25, -0.2) is 4.79 Å². The van der Waals surface area contributed by atoms with E-state index in [0.717, 1.165) is 34.5 Å². The Balaban J connectivity index is 1.93. The van der Waals surface area contributed by atoms with E-state index in [1.54, 1.807) is 0 Å². The van der Waals surface area contributed by atoms with Crippen LogP contribution in [0.3, 0.4) is 0 Å². The van der Waals surface area contributed by atoms with Crippen LogP contribution in [0.1, 0.15) is 11.1 Å².